The molecule has 0 aromatic heterocycles. The molecule has 2 unspecified atom stereocenters. The van der Waals surface area contributed by atoms with Crippen LogP contribution in [0.5, 0.6) is 5.75 Å². The molecule has 0 heterocycles. The molecule has 2 aromatic carbocycles. The van der Waals surface area contributed by atoms with Crippen LogP contribution in [0.1, 0.15) is 19.3 Å². The second-order valence-corrected chi connectivity index (χ2v) is 6.22. The average Bonchev–Trinajstić information content (AvgIpc) is 3.12. The van der Waals surface area contributed by atoms with Crippen LogP contribution >= 0.6 is 0 Å². The molecule has 136 valence electrons. The first-order valence-electron chi connectivity index (χ1n) is 8.46. The van der Waals surface area contributed by atoms with E-state index in [4.69, 9.17) is 9.47 Å². The number of carbonyl (C=O) groups is 2. The largest absolute Gasteiger partial charge is 0.497 e. The number of ether oxygens (including phenoxy) is 2. The van der Waals surface area contributed by atoms with E-state index in [0.29, 0.717) is 30.6 Å². The maximum absolute atomic E-state index is 14.5. The third-order valence-electron chi connectivity index (χ3n) is 4.65. The van der Waals surface area contributed by atoms with E-state index in [1.165, 1.54) is 12.1 Å². The summed E-state index contributed by atoms with van der Waals surface area (Å²) >= 11 is 0. The van der Waals surface area contributed by atoms with Crippen molar-refractivity contribution in [1.82, 2.24) is 0 Å². The second-order valence-electron chi connectivity index (χ2n) is 6.22. The first-order valence-corrected chi connectivity index (χ1v) is 8.46. The number of benzene rings is 2. The van der Waals surface area contributed by atoms with Crippen LogP contribution in [0.2, 0.25) is 0 Å². The molecule has 6 heteroatoms. The van der Waals surface area contributed by atoms with Gasteiger partial charge in [0.2, 0.25) is 5.91 Å². The molecule has 0 spiro atoms. The number of halogens is 1. The maximum Gasteiger partial charge on any atom is 0.293 e. The molecule has 2 atom stereocenters. The van der Waals surface area contributed by atoms with Gasteiger partial charge >= 0.3 is 0 Å². The fourth-order valence-corrected chi connectivity index (χ4v) is 3.28. The van der Waals surface area contributed by atoms with Crippen LogP contribution in [0, 0.1) is 11.7 Å². The molecular formula is C20H20FNO4. The molecule has 26 heavy (non-hydrogen) atoms. The van der Waals surface area contributed by atoms with Gasteiger partial charge in [0.1, 0.15) is 17.7 Å². The fourth-order valence-electron chi connectivity index (χ4n) is 3.28. The third kappa shape index (κ3) is 3.85. The van der Waals surface area contributed by atoms with Crippen molar-refractivity contribution in [2.24, 2.45) is 5.92 Å². The lowest BCUT2D eigenvalue weighted by atomic mass is 10.0. The third-order valence-corrected chi connectivity index (χ3v) is 4.65. The smallest absolute Gasteiger partial charge is 0.293 e. The lowest BCUT2D eigenvalue weighted by Crippen LogP contribution is -2.30. The minimum atomic E-state index is -0.524. The van der Waals surface area contributed by atoms with E-state index in [9.17, 15) is 14.0 Å². The van der Waals surface area contributed by atoms with Crippen molar-refractivity contribution in [1.29, 1.82) is 0 Å². The van der Waals surface area contributed by atoms with Crippen LogP contribution in [-0.4, -0.2) is 25.6 Å². The molecule has 0 radical (unpaired) electrons. The van der Waals surface area contributed by atoms with Gasteiger partial charge < -0.3 is 14.8 Å². The minimum absolute atomic E-state index is 0.110. The van der Waals surface area contributed by atoms with E-state index in [-0.39, 0.29) is 11.6 Å². The Morgan fingerprint density at radius 3 is 2.73 bits per heavy atom. The highest BCUT2D eigenvalue weighted by Gasteiger charge is 2.34. The number of hydrogen-bond donors (Lipinski definition) is 1. The summed E-state index contributed by atoms with van der Waals surface area (Å²) in [6.07, 6.45) is 1.63. The second kappa shape index (κ2) is 7.99. The molecule has 3 rings (SSSR count). The summed E-state index contributed by atoms with van der Waals surface area (Å²) in [5, 5.41) is 2.61. The van der Waals surface area contributed by atoms with Gasteiger partial charge in [-0.2, -0.15) is 0 Å². The van der Waals surface area contributed by atoms with E-state index in [1.807, 2.05) is 24.3 Å². The summed E-state index contributed by atoms with van der Waals surface area (Å²) in [5.74, 6) is -0.618. The quantitative estimate of drug-likeness (QED) is 0.799. The number of hydrogen-bond acceptors (Lipinski definition) is 4. The van der Waals surface area contributed by atoms with Crippen LogP contribution in [0.3, 0.4) is 0 Å². The van der Waals surface area contributed by atoms with Gasteiger partial charge in [-0.15, -0.1) is 0 Å². The van der Waals surface area contributed by atoms with E-state index >= 15 is 0 Å². The van der Waals surface area contributed by atoms with Crippen molar-refractivity contribution in [3.8, 4) is 16.9 Å². The topological polar surface area (TPSA) is 64.6 Å². The molecule has 0 saturated heterocycles. The monoisotopic (exact) mass is 357 g/mol. The van der Waals surface area contributed by atoms with E-state index in [2.05, 4.69) is 5.32 Å². The molecular weight excluding hydrogens is 337 g/mol. The standard InChI is InChI=1S/C20H20FNO4/c1-25-15-5-2-4-13(10-15)14-8-9-18(17(21)11-14)22-20(24)16-6-3-7-19(16)26-12-23/h2,4-5,8-12,16,19H,3,6-7H2,1H3,(H,22,24). The number of amides is 1. The zero-order valence-corrected chi connectivity index (χ0v) is 14.4. The van der Waals surface area contributed by atoms with Gasteiger partial charge in [-0.3, -0.25) is 9.59 Å². The van der Waals surface area contributed by atoms with Crippen molar-refractivity contribution < 1.29 is 23.5 Å². The van der Waals surface area contributed by atoms with E-state index in [0.717, 1.165) is 12.0 Å². The van der Waals surface area contributed by atoms with Gasteiger partial charge in [0.25, 0.3) is 6.47 Å². The normalized spacial score (nSPS) is 19.0. The first-order chi connectivity index (χ1) is 12.6. The summed E-state index contributed by atoms with van der Waals surface area (Å²) in [6.45, 7) is 0.361. The Morgan fingerprint density at radius 1 is 1.19 bits per heavy atom. The number of nitrogens with one attached hydrogen (secondary N) is 1. The Morgan fingerprint density at radius 2 is 2.00 bits per heavy atom. The van der Waals surface area contributed by atoms with Crippen LogP contribution < -0.4 is 10.1 Å². The van der Waals surface area contributed by atoms with E-state index in [1.54, 1.807) is 13.2 Å². The highest BCUT2D eigenvalue weighted by atomic mass is 19.1. The first kappa shape index (κ1) is 17.9. The molecule has 1 saturated carbocycles. The minimum Gasteiger partial charge on any atom is -0.497 e. The van der Waals surface area contributed by atoms with Crippen molar-refractivity contribution in [2.45, 2.75) is 25.4 Å². The number of carbonyl (C=O) groups excluding carboxylic acids is 2. The molecule has 1 N–H and O–H groups in total. The molecule has 1 fully saturated rings. The molecule has 1 amide bonds. The van der Waals surface area contributed by atoms with Crippen molar-refractivity contribution in [3.05, 3.63) is 48.3 Å². The number of rotatable bonds is 6. The Bertz CT molecular complexity index is 808. The predicted octanol–water partition coefficient (Wildman–Crippen LogP) is 3.78. The fraction of sp³-hybridized carbons (Fsp3) is 0.300. The van der Waals surface area contributed by atoms with Gasteiger partial charge in [-0.05, 0) is 54.7 Å². The molecule has 1 aliphatic rings. The number of methoxy groups -OCH3 is 1. The lowest BCUT2D eigenvalue weighted by Gasteiger charge is -2.18. The highest BCUT2D eigenvalue weighted by Crippen LogP contribution is 2.31. The van der Waals surface area contributed by atoms with Gasteiger partial charge in [-0.1, -0.05) is 18.2 Å². The molecule has 0 aliphatic heterocycles. The van der Waals surface area contributed by atoms with Crippen LogP contribution in [0.25, 0.3) is 11.1 Å². The predicted molar refractivity (Wildman–Crippen MR) is 95.3 cm³/mol. The Kier molecular flexibility index (Phi) is 5.51. The molecule has 2 aromatic rings. The van der Waals surface area contributed by atoms with Crippen LogP contribution in [-0.2, 0) is 14.3 Å². The summed E-state index contributed by atoms with van der Waals surface area (Å²) in [5.41, 5.74) is 1.61. The SMILES string of the molecule is COc1cccc(-c2ccc(NC(=O)C3CCCC3OC=O)c(F)c2)c1. The van der Waals surface area contributed by atoms with Gasteiger partial charge in [-0.25, -0.2) is 4.39 Å². The summed E-state index contributed by atoms with van der Waals surface area (Å²) in [6, 6.07) is 12.0. The van der Waals surface area contributed by atoms with Crippen LogP contribution in [0.4, 0.5) is 10.1 Å². The zero-order chi connectivity index (χ0) is 18.5. The average molecular weight is 357 g/mol. The molecule has 1 aliphatic carbocycles. The summed E-state index contributed by atoms with van der Waals surface area (Å²) in [4.78, 5) is 22.9. The Balaban J connectivity index is 1.75. The van der Waals surface area contributed by atoms with Crippen molar-refractivity contribution in [3.63, 3.8) is 0 Å². The summed E-state index contributed by atoms with van der Waals surface area (Å²) in [7, 11) is 1.57. The highest BCUT2D eigenvalue weighted by molar-refractivity contribution is 5.93. The van der Waals surface area contributed by atoms with Gasteiger partial charge in [0.15, 0.2) is 0 Å². The zero-order valence-electron chi connectivity index (χ0n) is 14.4. The van der Waals surface area contributed by atoms with Gasteiger partial charge in [0, 0.05) is 0 Å². The maximum atomic E-state index is 14.5. The molecule has 5 nitrogen and oxygen atoms in total. The Labute approximate surface area is 151 Å². The van der Waals surface area contributed by atoms with Gasteiger partial charge in [0.05, 0.1) is 18.7 Å². The lowest BCUT2D eigenvalue weighted by molar-refractivity contribution is -0.137. The number of anilines is 1. The summed E-state index contributed by atoms with van der Waals surface area (Å²) < 4.78 is 24.6. The van der Waals surface area contributed by atoms with Crippen molar-refractivity contribution in [2.75, 3.05) is 12.4 Å². The van der Waals surface area contributed by atoms with Crippen molar-refractivity contribution >= 4 is 18.1 Å². The van der Waals surface area contributed by atoms with Crippen LogP contribution in [0.15, 0.2) is 42.5 Å². The Hall–Kier alpha value is -2.89. The molecule has 0 bridgehead atoms. The van der Waals surface area contributed by atoms with E-state index < -0.39 is 17.8 Å².